The molecule has 2 rings (SSSR count). The first-order chi connectivity index (χ1) is 10.2. The minimum Gasteiger partial charge on any atom is -0.444 e. The number of halogens is 2. The van der Waals surface area contributed by atoms with E-state index in [9.17, 15) is 4.79 Å². The Morgan fingerprint density at radius 1 is 1.23 bits per heavy atom. The van der Waals surface area contributed by atoms with Gasteiger partial charge in [0.1, 0.15) is 11.8 Å². The van der Waals surface area contributed by atoms with Gasteiger partial charge in [-0.3, -0.25) is 4.90 Å². The molecule has 1 aliphatic rings. The van der Waals surface area contributed by atoms with Crippen LogP contribution in [0.2, 0.25) is 10.0 Å². The number of hydrogen-bond donors (Lipinski definition) is 0. The SMILES string of the molecule is COC1CC(c2cc(Cl)cc(Cl)c2)CN1C(=O)OC(C)(C)C. The third-order valence-electron chi connectivity index (χ3n) is 3.51. The van der Waals surface area contributed by atoms with Crippen molar-refractivity contribution in [1.82, 2.24) is 4.90 Å². The molecular weight excluding hydrogens is 325 g/mol. The van der Waals surface area contributed by atoms with Crippen molar-refractivity contribution < 1.29 is 14.3 Å². The normalized spacial score (nSPS) is 22.0. The van der Waals surface area contributed by atoms with Crippen LogP contribution in [0.1, 0.15) is 38.7 Å². The van der Waals surface area contributed by atoms with Gasteiger partial charge in [0.15, 0.2) is 0 Å². The highest BCUT2D eigenvalue weighted by molar-refractivity contribution is 6.34. The summed E-state index contributed by atoms with van der Waals surface area (Å²) >= 11 is 12.1. The zero-order valence-corrected chi connectivity index (χ0v) is 14.7. The third-order valence-corrected chi connectivity index (χ3v) is 3.94. The molecule has 1 heterocycles. The summed E-state index contributed by atoms with van der Waals surface area (Å²) in [5.74, 6) is 0.119. The van der Waals surface area contributed by atoms with E-state index in [1.54, 1.807) is 18.1 Å². The lowest BCUT2D eigenvalue weighted by Gasteiger charge is -2.27. The van der Waals surface area contributed by atoms with Crippen molar-refractivity contribution in [2.24, 2.45) is 0 Å². The first kappa shape index (κ1) is 17.4. The molecule has 0 radical (unpaired) electrons. The van der Waals surface area contributed by atoms with Gasteiger partial charge in [-0.25, -0.2) is 4.79 Å². The van der Waals surface area contributed by atoms with Gasteiger partial charge in [0.05, 0.1) is 0 Å². The average Bonchev–Trinajstić information content (AvgIpc) is 2.79. The summed E-state index contributed by atoms with van der Waals surface area (Å²) in [5.41, 5.74) is 0.470. The Bertz CT molecular complexity index is 537. The van der Waals surface area contributed by atoms with Crippen LogP contribution in [-0.4, -0.2) is 36.5 Å². The van der Waals surface area contributed by atoms with Gasteiger partial charge in [0, 0.05) is 36.0 Å². The highest BCUT2D eigenvalue weighted by Gasteiger charge is 2.38. The number of hydrogen-bond acceptors (Lipinski definition) is 3. The molecule has 22 heavy (non-hydrogen) atoms. The summed E-state index contributed by atoms with van der Waals surface area (Å²) in [6, 6.07) is 5.45. The largest absolute Gasteiger partial charge is 0.444 e. The van der Waals surface area contributed by atoms with Crippen LogP contribution >= 0.6 is 23.2 Å². The van der Waals surface area contributed by atoms with E-state index in [2.05, 4.69) is 0 Å². The second-order valence-electron chi connectivity index (χ2n) is 6.46. The van der Waals surface area contributed by atoms with Gasteiger partial charge in [-0.15, -0.1) is 0 Å². The molecule has 6 heteroatoms. The van der Waals surface area contributed by atoms with Crippen LogP contribution in [-0.2, 0) is 9.47 Å². The predicted molar refractivity (Wildman–Crippen MR) is 87.6 cm³/mol. The molecule has 1 fully saturated rings. The number of amides is 1. The van der Waals surface area contributed by atoms with Crippen molar-refractivity contribution in [3.05, 3.63) is 33.8 Å². The molecular formula is C16H21Cl2NO3. The Morgan fingerprint density at radius 3 is 2.32 bits per heavy atom. The van der Waals surface area contributed by atoms with Gasteiger partial charge in [-0.1, -0.05) is 23.2 Å². The van der Waals surface area contributed by atoms with Crippen molar-refractivity contribution >= 4 is 29.3 Å². The molecule has 1 aliphatic heterocycles. The van der Waals surface area contributed by atoms with E-state index in [0.29, 0.717) is 23.0 Å². The second-order valence-corrected chi connectivity index (χ2v) is 7.33. The molecule has 1 amide bonds. The molecule has 0 bridgehead atoms. The molecule has 0 spiro atoms. The Hall–Kier alpha value is -0.970. The summed E-state index contributed by atoms with van der Waals surface area (Å²) in [5, 5.41) is 1.18. The Balaban J connectivity index is 2.16. The van der Waals surface area contributed by atoms with Crippen LogP contribution in [0.15, 0.2) is 18.2 Å². The van der Waals surface area contributed by atoms with Crippen molar-refractivity contribution in [1.29, 1.82) is 0 Å². The van der Waals surface area contributed by atoms with E-state index >= 15 is 0 Å². The summed E-state index contributed by atoms with van der Waals surface area (Å²) in [7, 11) is 1.59. The highest BCUT2D eigenvalue weighted by atomic mass is 35.5. The van der Waals surface area contributed by atoms with E-state index < -0.39 is 5.60 Å². The maximum atomic E-state index is 12.3. The van der Waals surface area contributed by atoms with Crippen LogP contribution in [0.3, 0.4) is 0 Å². The predicted octanol–water partition coefficient (Wildman–Crippen LogP) is 4.69. The molecule has 2 unspecified atom stereocenters. The fourth-order valence-electron chi connectivity index (χ4n) is 2.59. The minimum absolute atomic E-state index is 0.119. The summed E-state index contributed by atoms with van der Waals surface area (Å²) in [6.07, 6.45) is 0.0134. The highest BCUT2D eigenvalue weighted by Crippen LogP contribution is 2.35. The van der Waals surface area contributed by atoms with Crippen molar-refractivity contribution in [3.63, 3.8) is 0 Å². The zero-order chi connectivity index (χ0) is 16.5. The summed E-state index contributed by atoms with van der Waals surface area (Å²) in [4.78, 5) is 13.9. The Kier molecular flexibility index (Phi) is 5.25. The van der Waals surface area contributed by atoms with Gasteiger partial charge in [0.2, 0.25) is 0 Å². The molecule has 2 atom stereocenters. The van der Waals surface area contributed by atoms with Gasteiger partial charge in [0.25, 0.3) is 0 Å². The number of nitrogens with zero attached hydrogens (tertiary/aromatic N) is 1. The monoisotopic (exact) mass is 345 g/mol. The molecule has 1 saturated heterocycles. The number of likely N-dealkylation sites (tertiary alicyclic amines) is 1. The van der Waals surface area contributed by atoms with Crippen LogP contribution in [0.25, 0.3) is 0 Å². The number of rotatable bonds is 2. The molecule has 1 aromatic carbocycles. The molecule has 0 aromatic heterocycles. The van der Waals surface area contributed by atoms with Gasteiger partial charge >= 0.3 is 6.09 Å². The Morgan fingerprint density at radius 2 is 1.82 bits per heavy atom. The topological polar surface area (TPSA) is 38.8 Å². The fraction of sp³-hybridized carbons (Fsp3) is 0.562. The number of benzene rings is 1. The van der Waals surface area contributed by atoms with Gasteiger partial charge < -0.3 is 9.47 Å². The lowest BCUT2D eigenvalue weighted by atomic mass is 9.98. The molecule has 122 valence electrons. The second kappa shape index (κ2) is 6.65. The maximum Gasteiger partial charge on any atom is 0.412 e. The number of ether oxygens (including phenoxy) is 2. The van der Waals surface area contributed by atoms with E-state index in [4.69, 9.17) is 32.7 Å². The van der Waals surface area contributed by atoms with Gasteiger partial charge in [-0.2, -0.15) is 0 Å². The smallest absolute Gasteiger partial charge is 0.412 e. The molecule has 1 aromatic rings. The van der Waals surface area contributed by atoms with Crippen molar-refractivity contribution in [2.45, 2.75) is 44.9 Å². The van der Waals surface area contributed by atoms with E-state index in [1.807, 2.05) is 32.9 Å². The summed E-state index contributed by atoms with van der Waals surface area (Å²) in [6.45, 7) is 6.05. The standard InChI is InChI=1S/C16H21Cl2NO3/c1-16(2,3)22-15(20)19-9-11(7-14(19)21-4)10-5-12(17)8-13(18)6-10/h5-6,8,11,14H,7,9H2,1-4H3. The van der Waals surface area contributed by atoms with Crippen molar-refractivity contribution in [3.8, 4) is 0 Å². The quantitative estimate of drug-likeness (QED) is 0.780. The third kappa shape index (κ3) is 4.28. The minimum atomic E-state index is -0.535. The maximum absolute atomic E-state index is 12.3. The summed E-state index contributed by atoms with van der Waals surface area (Å²) < 4.78 is 10.9. The van der Waals surface area contributed by atoms with Crippen LogP contribution in [0.5, 0.6) is 0 Å². The first-order valence-corrected chi connectivity index (χ1v) is 7.93. The lowest BCUT2D eigenvalue weighted by Crippen LogP contribution is -2.40. The van der Waals surface area contributed by atoms with Gasteiger partial charge in [-0.05, 0) is 44.5 Å². The average molecular weight is 346 g/mol. The van der Waals surface area contributed by atoms with Crippen molar-refractivity contribution in [2.75, 3.05) is 13.7 Å². The molecule has 0 saturated carbocycles. The number of carbonyl (C=O) groups is 1. The number of methoxy groups -OCH3 is 1. The van der Waals surface area contributed by atoms with Crippen LogP contribution in [0, 0.1) is 0 Å². The van der Waals surface area contributed by atoms with Crippen LogP contribution < -0.4 is 0 Å². The lowest BCUT2D eigenvalue weighted by molar-refractivity contribution is -0.0305. The molecule has 4 nitrogen and oxygen atoms in total. The first-order valence-electron chi connectivity index (χ1n) is 7.18. The van der Waals surface area contributed by atoms with E-state index in [-0.39, 0.29) is 18.2 Å². The Labute approximate surface area is 141 Å². The fourth-order valence-corrected chi connectivity index (χ4v) is 3.13. The van der Waals surface area contributed by atoms with Crippen LogP contribution in [0.4, 0.5) is 4.79 Å². The molecule has 0 N–H and O–H groups in total. The van der Waals surface area contributed by atoms with E-state index in [0.717, 1.165) is 5.56 Å². The zero-order valence-electron chi connectivity index (χ0n) is 13.2. The number of carbonyl (C=O) groups excluding carboxylic acids is 1. The van der Waals surface area contributed by atoms with E-state index in [1.165, 1.54) is 0 Å². The molecule has 0 aliphatic carbocycles.